The van der Waals surface area contributed by atoms with Crippen LogP contribution in [0.15, 0.2) is 42.6 Å². The van der Waals surface area contributed by atoms with Gasteiger partial charge in [-0.25, -0.2) is 4.98 Å². The second-order valence-corrected chi connectivity index (χ2v) is 8.99. The molecule has 0 spiro atoms. The van der Waals surface area contributed by atoms with Crippen LogP contribution >= 0.6 is 0 Å². The molecule has 3 aromatic rings. The molecule has 0 aliphatic carbocycles. The fourth-order valence-electron chi connectivity index (χ4n) is 4.83. The number of para-hydroxylation sites is 1. The highest BCUT2D eigenvalue weighted by Crippen LogP contribution is 2.35. The SMILES string of the molecule is O=C(NCCCCN1CCN(c2cccc3c2OCCCC3)CC1)c1cc2cccnc2[nH]1. The van der Waals surface area contributed by atoms with Crippen molar-refractivity contribution in [2.24, 2.45) is 0 Å². The Balaban J connectivity index is 1.03. The van der Waals surface area contributed by atoms with E-state index in [0.717, 1.165) is 81.8 Å². The Morgan fingerprint density at radius 2 is 2.00 bits per heavy atom. The molecule has 1 saturated heterocycles. The maximum absolute atomic E-state index is 12.4. The summed E-state index contributed by atoms with van der Waals surface area (Å²) in [6.45, 7) is 6.79. The molecule has 2 aromatic heterocycles. The molecule has 0 atom stereocenters. The molecule has 1 fully saturated rings. The Morgan fingerprint density at radius 1 is 1.09 bits per heavy atom. The van der Waals surface area contributed by atoms with Gasteiger partial charge in [0.1, 0.15) is 17.1 Å². The lowest BCUT2D eigenvalue weighted by Crippen LogP contribution is -2.46. The zero-order valence-electron chi connectivity index (χ0n) is 19.2. The third-order valence-corrected chi connectivity index (χ3v) is 6.70. The van der Waals surface area contributed by atoms with Gasteiger partial charge in [0.25, 0.3) is 5.91 Å². The molecule has 1 amide bonds. The van der Waals surface area contributed by atoms with Crippen LogP contribution < -0.4 is 15.0 Å². The zero-order valence-corrected chi connectivity index (χ0v) is 19.2. The van der Waals surface area contributed by atoms with E-state index in [9.17, 15) is 4.79 Å². The lowest BCUT2D eigenvalue weighted by Gasteiger charge is -2.37. The fraction of sp³-hybridized carbons (Fsp3) is 0.462. The first-order chi connectivity index (χ1) is 16.3. The van der Waals surface area contributed by atoms with Crippen molar-refractivity contribution in [3.05, 3.63) is 53.9 Å². The first kappa shape index (κ1) is 21.8. The number of nitrogens with one attached hydrogen (secondary N) is 2. The third-order valence-electron chi connectivity index (χ3n) is 6.70. The highest BCUT2D eigenvalue weighted by atomic mass is 16.5. The van der Waals surface area contributed by atoms with Crippen LogP contribution in [0.5, 0.6) is 5.75 Å². The number of nitrogens with zero attached hydrogens (tertiary/aromatic N) is 3. The van der Waals surface area contributed by atoms with Crippen molar-refractivity contribution in [1.29, 1.82) is 0 Å². The third kappa shape index (κ3) is 5.14. The largest absolute Gasteiger partial charge is 0.491 e. The summed E-state index contributed by atoms with van der Waals surface area (Å²) in [6, 6.07) is 12.3. The van der Waals surface area contributed by atoms with E-state index in [1.165, 1.54) is 17.7 Å². The molecule has 0 radical (unpaired) electrons. The first-order valence-corrected chi connectivity index (χ1v) is 12.2. The van der Waals surface area contributed by atoms with Crippen molar-refractivity contribution >= 4 is 22.6 Å². The molecule has 1 aromatic carbocycles. The van der Waals surface area contributed by atoms with Crippen molar-refractivity contribution in [1.82, 2.24) is 20.2 Å². The minimum atomic E-state index is -0.0640. The first-order valence-electron chi connectivity index (χ1n) is 12.2. The Morgan fingerprint density at radius 3 is 2.88 bits per heavy atom. The predicted octanol–water partition coefficient (Wildman–Crippen LogP) is 3.61. The van der Waals surface area contributed by atoms with Crippen molar-refractivity contribution < 1.29 is 9.53 Å². The van der Waals surface area contributed by atoms with Crippen molar-refractivity contribution in [2.75, 3.05) is 50.8 Å². The van der Waals surface area contributed by atoms with Crippen LogP contribution in [0.25, 0.3) is 11.0 Å². The number of aryl methyl sites for hydroxylation is 1. The van der Waals surface area contributed by atoms with Gasteiger partial charge in [-0.2, -0.15) is 0 Å². The fourth-order valence-corrected chi connectivity index (χ4v) is 4.83. The summed E-state index contributed by atoms with van der Waals surface area (Å²) in [4.78, 5) is 24.7. The summed E-state index contributed by atoms with van der Waals surface area (Å²) in [7, 11) is 0. The van der Waals surface area contributed by atoms with E-state index >= 15 is 0 Å². The summed E-state index contributed by atoms with van der Waals surface area (Å²) in [5.41, 5.74) is 3.95. The molecule has 2 aliphatic rings. The normalized spacial score (nSPS) is 16.8. The number of aromatic amines is 1. The molecule has 0 unspecified atom stereocenters. The number of pyridine rings is 1. The number of amides is 1. The average molecular weight is 448 g/mol. The monoisotopic (exact) mass is 447 g/mol. The number of anilines is 1. The Hall–Kier alpha value is -3.06. The number of rotatable bonds is 7. The van der Waals surface area contributed by atoms with Crippen LogP contribution in [0.4, 0.5) is 5.69 Å². The number of aromatic nitrogens is 2. The van der Waals surface area contributed by atoms with E-state index in [2.05, 4.69) is 43.3 Å². The van der Waals surface area contributed by atoms with E-state index in [1.807, 2.05) is 18.2 Å². The standard InChI is InChI=1S/C26H33N5O2/c32-26(22-19-21-9-6-12-27-25(21)29-22)28-11-2-3-13-30-14-16-31(17-15-30)23-10-5-8-20-7-1-4-18-33-24(20)23/h5-6,8-10,12,19H,1-4,7,11,13-18H2,(H,27,29)(H,28,32). The summed E-state index contributed by atoms with van der Waals surface area (Å²) < 4.78 is 6.12. The molecule has 5 rings (SSSR count). The predicted molar refractivity (Wildman–Crippen MR) is 131 cm³/mol. The molecule has 7 nitrogen and oxygen atoms in total. The quantitative estimate of drug-likeness (QED) is 0.542. The summed E-state index contributed by atoms with van der Waals surface area (Å²) in [5, 5.41) is 3.98. The van der Waals surface area contributed by atoms with Crippen molar-refractivity contribution in [3.8, 4) is 5.75 Å². The maximum atomic E-state index is 12.4. The van der Waals surface area contributed by atoms with E-state index < -0.39 is 0 Å². The number of H-pyrrole nitrogens is 1. The van der Waals surface area contributed by atoms with Crippen LogP contribution in [-0.2, 0) is 6.42 Å². The molecule has 174 valence electrons. The number of piperazine rings is 1. The number of benzene rings is 1. The van der Waals surface area contributed by atoms with Crippen LogP contribution in [0, 0.1) is 0 Å². The van der Waals surface area contributed by atoms with Gasteiger partial charge < -0.3 is 19.9 Å². The van der Waals surface area contributed by atoms with E-state index in [0.29, 0.717) is 12.2 Å². The minimum absolute atomic E-state index is 0.0640. The van der Waals surface area contributed by atoms with E-state index in [4.69, 9.17) is 4.74 Å². The van der Waals surface area contributed by atoms with E-state index in [-0.39, 0.29) is 5.91 Å². The van der Waals surface area contributed by atoms with Crippen molar-refractivity contribution in [2.45, 2.75) is 32.1 Å². The van der Waals surface area contributed by atoms with Gasteiger partial charge in [-0.3, -0.25) is 9.69 Å². The van der Waals surface area contributed by atoms with Gasteiger partial charge in [-0.15, -0.1) is 0 Å². The number of ether oxygens (including phenoxy) is 1. The number of fused-ring (bicyclic) bond motifs is 2. The van der Waals surface area contributed by atoms with Gasteiger partial charge in [0, 0.05) is 44.3 Å². The Bertz CT molecular complexity index is 1050. The Labute approximate surface area is 195 Å². The van der Waals surface area contributed by atoms with Gasteiger partial charge in [0.05, 0.1) is 12.3 Å². The number of hydrogen-bond donors (Lipinski definition) is 2. The minimum Gasteiger partial charge on any atom is -0.491 e. The summed E-state index contributed by atoms with van der Waals surface area (Å²) in [6.07, 6.45) is 7.26. The number of carbonyl (C=O) groups excluding carboxylic acids is 1. The number of hydrogen-bond acceptors (Lipinski definition) is 5. The molecule has 2 N–H and O–H groups in total. The van der Waals surface area contributed by atoms with Gasteiger partial charge >= 0.3 is 0 Å². The summed E-state index contributed by atoms with van der Waals surface area (Å²) in [5.74, 6) is 1.05. The molecule has 4 heterocycles. The number of unbranched alkanes of at least 4 members (excludes halogenated alkanes) is 1. The van der Waals surface area contributed by atoms with Crippen LogP contribution in [-0.4, -0.2) is 66.7 Å². The van der Waals surface area contributed by atoms with Crippen LogP contribution in [0.3, 0.4) is 0 Å². The Kier molecular flexibility index (Phi) is 6.76. The zero-order chi connectivity index (χ0) is 22.5. The lowest BCUT2D eigenvalue weighted by molar-refractivity contribution is 0.0948. The van der Waals surface area contributed by atoms with Crippen molar-refractivity contribution in [3.63, 3.8) is 0 Å². The molecular weight excluding hydrogens is 414 g/mol. The number of carbonyl (C=O) groups is 1. The maximum Gasteiger partial charge on any atom is 0.267 e. The van der Waals surface area contributed by atoms with Crippen LogP contribution in [0.2, 0.25) is 0 Å². The average Bonchev–Trinajstić information content (AvgIpc) is 3.14. The topological polar surface area (TPSA) is 73.5 Å². The highest BCUT2D eigenvalue weighted by molar-refractivity contribution is 5.97. The van der Waals surface area contributed by atoms with Gasteiger partial charge in [0.15, 0.2) is 0 Å². The van der Waals surface area contributed by atoms with E-state index in [1.54, 1.807) is 6.20 Å². The van der Waals surface area contributed by atoms with Crippen LogP contribution in [0.1, 0.15) is 41.7 Å². The lowest BCUT2D eigenvalue weighted by atomic mass is 10.1. The summed E-state index contributed by atoms with van der Waals surface area (Å²) >= 11 is 0. The highest BCUT2D eigenvalue weighted by Gasteiger charge is 2.22. The molecule has 7 heteroatoms. The molecule has 33 heavy (non-hydrogen) atoms. The van der Waals surface area contributed by atoms with Gasteiger partial charge in [-0.1, -0.05) is 12.1 Å². The molecule has 0 bridgehead atoms. The second kappa shape index (κ2) is 10.3. The molecule has 0 saturated carbocycles. The second-order valence-electron chi connectivity index (χ2n) is 8.99. The molecular formula is C26H33N5O2. The molecule has 2 aliphatic heterocycles. The smallest absolute Gasteiger partial charge is 0.267 e. The van der Waals surface area contributed by atoms with Gasteiger partial charge in [0.2, 0.25) is 0 Å². The van der Waals surface area contributed by atoms with Gasteiger partial charge in [-0.05, 0) is 68.5 Å².